The van der Waals surface area contributed by atoms with Gasteiger partial charge in [0.2, 0.25) is 0 Å². The minimum absolute atomic E-state index is 0.311. The SMILES string of the molecule is CCOCC(O)CCCc1ccccc1. The third-order valence-electron chi connectivity index (χ3n) is 2.36. The summed E-state index contributed by atoms with van der Waals surface area (Å²) >= 11 is 0. The summed E-state index contributed by atoms with van der Waals surface area (Å²) in [4.78, 5) is 0. The van der Waals surface area contributed by atoms with Gasteiger partial charge in [-0.15, -0.1) is 0 Å². The molecule has 84 valence electrons. The van der Waals surface area contributed by atoms with E-state index in [2.05, 4.69) is 12.1 Å². The maximum absolute atomic E-state index is 9.53. The molecule has 1 atom stereocenters. The smallest absolute Gasteiger partial charge is 0.0773 e. The van der Waals surface area contributed by atoms with E-state index in [1.54, 1.807) is 0 Å². The summed E-state index contributed by atoms with van der Waals surface area (Å²) < 4.78 is 5.15. The summed E-state index contributed by atoms with van der Waals surface area (Å²) in [5.74, 6) is 0. The molecule has 0 amide bonds. The fourth-order valence-electron chi connectivity index (χ4n) is 1.52. The minimum atomic E-state index is -0.311. The van der Waals surface area contributed by atoms with E-state index in [-0.39, 0.29) is 6.10 Å². The second-order valence-corrected chi connectivity index (χ2v) is 3.69. The van der Waals surface area contributed by atoms with Crippen LogP contribution in [0.2, 0.25) is 0 Å². The predicted octanol–water partition coefficient (Wildman–Crippen LogP) is 2.41. The van der Waals surface area contributed by atoms with Gasteiger partial charge in [0.1, 0.15) is 0 Å². The third kappa shape index (κ3) is 5.55. The molecule has 0 bridgehead atoms. The Morgan fingerprint density at radius 3 is 2.67 bits per heavy atom. The Hall–Kier alpha value is -0.860. The zero-order valence-electron chi connectivity index (χ0n) is 9.36. The lowest BCUT2D eigenvalue weighted by atomic mass is 10.1. The van der Waals surface area contributed by atoms with Crippen molar-refractivity contribution in [3.05, 3.63) is 35.9 Å². The topological polar surface area (TPSA) is 29.5 Å². The van der Waals surface area contributed by atoms with Crippen LogP contribution in [0.15, 0.2) is 30.3 Å². The van der Waals surface area contributed by atoms with Crippen molar-refractivity contribution in [3.8, 4) is 0 Å². The Morgan fingerprint density at radius 1 is 1.27 bits per heavy atom. The number of hydrogen-bond donors (Lipinski definition) is 1. The van der Waals surface area contributed by atoms with Crippen LogP contribution in [0.1, 0.15) is 25.3 Å². The van der Waals surface area contributed by atoms with Gasteiger partial charge in [-0.1, -0.05) is 30.3 Å². The minimum Gasteiger partial charge on any atom is -0.391 e. The molecule has 2 heteroatoms. The molecule has 0 spiro atoms. The van der Waals surface area contributed by atoms with Crippen LogP contribution in [0, 0.1) is 0 Å². The highest BCUT2D eigenvalue weighted by Gasteiger charge is 2.03. The van der Waals surface area contributed by atoms with Crippen LogP contribution in [0.5, 0.6) is 0 Å². The van der Waals surface area contributed by atoms with E-state index in [9.17, 15) is 5.11 Å². The predicted molar refractivity (Wildman–Crippen MR) is 61.9 cm³/mol. The van der Waals surface area contributed by atoms with Gasteiger partial charge in [0.15, 0.2) is 0 Å². The van der Waals surface area contributed by atoms with Gasteiger partial charge >= 0.3 is 0 Å². The third-order valence-corrected chi connectivity index (χ3v) is 2.36. The summed E-state index contributed by atoms with van der Waals surface area (Å²) in [6.45, 7) is 3.08. The molecule has 1 N–H and O–H groups in total. The molecule has 0 saturated carbocycles. The molecule has 0 aliphatic carbocycles. The normalized spacial score (nSPS) is 12.7. The second-order valence-electron chi connectivity index (χ2n) is 3.69. The van der Waals surface area contributed by atoms with E-state index >= 15 is 0 Å². The standard InChI is InChI=1S/C13H20O2/c1-2-15-11-13(14)10-6-9-12-7-4-3-5-8-12/h3-5,7-8,13-14H,2,6,9-11H2,1H3. The molecule has 0 aromatic heterocycles. The molecule has 0 aliphatic heterocycles. The highest BCUT2D eigenvalue weighted by atomic mass is 16.5. The van der Waals surface area contributed by atoms with Gasteiger partial charge in [0, 0.05) is 6.61 Å². The molecule has 1 unspecified atom stereocenters. The van der Waals surface area contributed by atoms with Crippen LogP contribution in [0.25, 0.3) is 0 Å². The van der Waals surface area contributed by atoms with Crippen LogP contribution in [0.4, 0.5) is 0 Å². The van der Waals surface area contributed by atoms with Crippen molar-refractivity contribution in [2.24, 2.45) is 0 Å². The first-order valence-corrected chi connectivity index (χ1v) is 5.62. The maximum Gasteiger partial charge on any atom is 0.0773 e. The van der Waals surface area contributed by atoms with Crippen molar-refractivity contribution < 1.29 is 9.84 Å². The largest absolute Gasteiger partial charge is 0.391 e. The average molecular weight is 208 g/mol. The monoisotopic (exact) mass is 208 g/mol. The Labute approximate surface area is 91.9 Å². The first kappa shape index (κ1) is 12.2. The fourth-order valence-corrected chi connectivity index (χ4v) is 1.52. The first-order valence-electron chi connectivity index (χ1n) is 5.62. The van der Waals surface area contributed by atoms with Gasteiger partial charge in [-0.25, -0.2) is 0 Å². The molecule has 1 aromatic rings. The zero-order valence-corrected chi connectivity index (χ0v) is 9.36. The molecule has 1 rings (SSSR count). The molecule has 15 heavy (non-hydrogen) atoms. The molecule has 0 radical (unpaired) electrons. The number of aryl methyl sites for hydroxylation is 1. The van der Waals surface area contributed by atoms with E-state index in [0.717, 1.165) is 19.3 Å². The molecular formula is C13H20O2. The Bertz CT molecular complexity index is 246. The molecule has 0 fully saturated rings. The van der Waals surface area contributed by atoms with Crippen LogP contribution in [0.3, 0.4) is 0 Å². The van der Waals surface area contributed by atoms with E-state index in [1.165, 1.54) is 5.56 Å². The molecule has 0 saturated heterocycles. The van der Waals surface area contributed by atoms with Gasteiger partial charge in [-0.2, -0.15) is 0 Å². The second kappa shape index (κ2) is 7.43. The first-order chi connectivity index (χ1) is 7.33. The Kier molecular flexibility index (Phi) is 6.05. The number of benzene rings is 1. The molecule has 0 heterocycles. The molecule has 0 aliphatic rings. The summed E-state index contributed by atoms with van der Waals surface area (Å²) in [5.41, 5.74) is 1.33. The highest BCUT2D eigenvalue weighted by Crippen LogP contribution is 2.06. The van der Waals surface area contributed by atoms with E-state index in [0.29, 0.717) is 13.2 Å². The number of rotatable bonds is 7. The Balaban J connectivity index is 2.11. The van der Waals surface area contributed by atoms with E-state index in [4.69, 9.17) is 4.74 Å². The van der Waals surface area contributed by atoms with Crippen LogP contribution < -0.4 is 0 Å². The van der Waals surface area contributed by atoms with Crippen molar-refractivity contribution in [1.82, 2.24) is 0 Å². The van der Waals surface area contributed by atoms with Gasteiger partial charge < -0.3 is 9.84 Å². The van der Waals surface area contributed by atoms with Gasteiger partial charge in [-0.05, 0) is 31.7 Å². The maximum atomic E-state index is 9.53. The quantitative estimate of drug-likeness (QED) is 0.745. The van der Waals surface area contributed by atoms with Gasteiger partial charge in [0.05, 0.1) is 12.7 Å². The number of aliphatic hydroxyl groups is 1. The van der Waals surface area contributed by atoms with E-state index < -0.39 is 0 Å². The highest BCUT2D eigenvalue weighted by molar-refractivity contribution is 5.14. The zero-order chi connectivity index (χ0) is 10.9. The molecular weight excluding hydrogens is 188 g/mol. The van der Waals surface area contributed by atoms with Gasteiger partial charge in [-0.3, -0.25) is 0 Å². The summed E-state index contributed by atoms with van der Waals surface area (Å²) in [6, 6.07) is 10.4. The molecule has 1 aromatic carbocycles. The average Bonchev–Trinajstić information content (AvgIpc) is 2.28. The van der Waals surface area contributed by atoms with Crippen LogP contribution in [-0.2, 0) is 11.2 Å². The molecule has 2 nitrogen and oxygen atoms in total. The summed E-state index contributed by atoms with van der Waals surface area (Å²) in [5, 5.41) is 9.53. The summed E-state index contributed by atoms with van der Waals surface area (Å²) in [7, 11) is 0. The van der Waals surface area contributed by atoms with Crippen molar-refractivity contribution in [2.45, 2.75) is 32.3 Å². The van der Waals surface area contributed by atoms with Crippen LogP contribution in [-0.4, -0.2) is 24.4 Å². The number of aliphatic hydroxyl groups excluding tert-OH is 1. The lowest BCUT2D eigenvalue weighted by Gasteiger charge is -2.09. The van der Waals surface area contributed by atoms with Crippen molar-refractivity contribution in [2.75, 3.05) is 13.2 Å². The van der Waals surface area contributed by atoms with Gasteiger partial charge in [0.25, 0.3) is 0 Å². The lowest BCUT2D eigenvalue weighted by molar-refractivity contribution is 0.0372. The van der Waals surface area contributed by atoms with Crippen LogP contribution >= 0.6 is 0 Å². The lowest BCUT2D eigenvalue weighted by Crippen LogP contribution is -2.15. The fraction of sp³-hybridized carbons (Fsp3) is 0.538. The number of ether oxygens (including phenoxy) is 1. The van der Waals surface area contributed by atoms with E-state index in [1.807, 2.05) is 25.1 Å². The summed E-state index contributed by atoms with van der Waals surface area (Å²) in [6.07, 6.45) is 2.55. The Morgan fingerprint density at radius 2 is 2.00 bits per heavy atom. The van der Waals surface area contributed by atoms with Crippen molar-refractivity contribution in [1.29, 1.82) is 0 Å². The van der Waals surface area contributed by atoms with Crippen molar-refractivity contribution >= 4 is 0 Å². The number of hydrogen-bond acceptors (Lipinski definition) is 2. The van der Waals surface area contributed by atoms with Crippen molar-refractivity contribution in [3.63, 3.8) is 0 Å².